The first-order valence-corrected chi connectivity index (χ1v) is 14.0. The molecule has 204 valence electrons. The molecule has 1 N–H and O–H groups in total. The molecule has 2 aliphatic carbocycles. The van der Waals surface area contributed by atoms with Crippen LogP contribution in [0.15, 0.2) is 63.4 Å². The van der Waals surface area contributed by atoms with Crippen molar-refractivity contribution in [2.24, 2.45) is 0 Å². The predicted octanol–water partition coefficient (Wildman–Crippen LogP) is 6.05. The second kappa shape index (κ2) is 11.3. The SMILES string of the molecule is CCN1C2=C(C(=O)CCC2)C(c2cc(Br)c(OCC(=O)Nc3ccccc3F)c(OC)c2)C2=C1CCCC2=O. The summed E-state index contributed by atoms with van der Waals surface area (Å²) in [6, 6.07) is 9.50. The number of carbonyl (C=O) groups excluding carboxylic acids is 3. The van der Waals surface area contributed by atoms with E-state index in [1.807, 2.05) is 6.07 Å². The molecule has 0 aromatic heterocycles. The van der Waals surface area contributed by atoms with E-state index in [0.717, 1.165) is 42.6 Å². The van der Waals surface area contributed by atoms with Crippen molar-refractivity contribution in [3.05, 3.63) is 74.8 Å². The molecule has 2 aromatic rings. The second-order valence-corrected chi connectivity index (χ2v) is 10.7. The molecule has 0 radical (unpaired) electrons. The second-order valence-electron chi connectivity index (χ2n) is 9.80. The van der Waals surface area contributed by atoms with Crippen LogP contribution in [0.3, 0.4) is 0 Å². The summed E-state index contributed by atoms with van der Waals surface area (Å²) in [5, 5.41) is 2.50. The molecule has 1 amide bonds. The Morgan fingerprint density at radius 3 is 2.28 bits per heavy atom. The molecule has 5 rings (SSSR count). The van der Waals surface area contributed by atoms with E-state index in [0.29, 0.717) is 46.5 Å². The van der Waals surface area contributed by atoms with Gasteiger partial charge in [0.2, 0.25) is 0 Å². The number of ether oxygens (including phenoxy) is 2. The summed E-state index contributed by atoms with van der Waals surface area (Å²) in [6.07, 6.45) is 4.11. The first kappa shape index (κ1) is 27.1. The molecule has 0 atom stereocenters. The summed E-state index contributed by atoms with van der Waals surface area (Å²) in [5.74, 6) is -0.761. The van der Waals surface area contributed by atoms with Gasteiger partial charge in [0.15, 0.2) is 29.7 Å². The molecule has 7 nitrogen and oxygen atoms in total. The zero-order valence-electron chi connectivity index (χ0n) is 21.9. The third kappa shape index (κ3) is 5.12. The van der Waals surface area contributed by atoms with Crippen molar-refractivity contribution in [3.63, 3.8) is 0 Å². The molecule has 0 bridgehead atoms. The van der Waals surface area contributed by atoms with Gasteiger partial charge < -0.3 is 19.7 Å². The van der Waals surface area contributed by atoms with E-state index in [1.165, 1.54) is 25.3 Å². The zero-order valence-corrected chi connectivity index (χ0v) is 23.5. The molecular weight excluding hydrogens is 567 g/mol. The highest BCUT2D eigenvalue weighted by Gasteiger charge is 2.43. The topological polar surface area (TPSA) is 84.9 Å². The van der Waals surface area contributed by atoms with Crippen LogP contribution in [0.5, 0.6) is 11.5 Å². The van der Waals surface area contributed by atoms with Crippen LogP contribution in [-0.2, 0) is 14.4 Å². The van der Waals surface area contributed by atoms with Crippen LogP contribution in [0, 0.1) is 5.82 Å². The summed E-state index contributed by atoms with van der Waals surface area (Å²) in [5.41, 5.74) is 4.25. The van der Waals surface area contributed by atoms with Crippen LogP contribution < -0.4 is 14.8 Å². The Morgan fingerprint density at radius 1 is 1.05 bits per heavy atom. The Labute approximate surface area is 235 Å². The minimum Gasteiger partial charge on any atom is -0.493 e. The van der Waals surface area contributed by atoms with Gasteiger partial charge in [-0.3, -0.25) is 14.4 Å². The summed E-state index contributed by atoms with van der Waals surface area (Å²) < 4.78 is 25.9. The van der Waals surface area contributed by atoms with Crippen LogP contribution in [0.2, 0.25) is 0 Å². The van der Waals surface area contributed by atoms with Gasteiger partial charge in [-0.05, 0) is 78.4 Å². The van der Waals surface area contributed by atoms with E-state index >= 15 is 0 Å². The molecule has 3 aliphatic rings. The first-order valence-electron chi connectivity index (χ1n) is 13.2. The van der Waals surface area contributed by atoms with Crippen molar-refractivity contribution >= 4 is 39.1 Å². The Hall–Kier alpha value is -3.46. The van der Waals surface area contributed by atoms with Gasteiger partial charge in [-0.2, -0.15) is 0 Å². The third-order valence-electron chi connectivity index (χ3n) is 7.48. The maximum absolute atomic E-state index is 13.9. The van der Waals surface area contributed by atoms with Crippen molar-refractivity contribution in [2.45, 2.75) is 51.4 Å². The van der Waals surface area contributed by atoms with Crippen molar-refractivity contribution in [1.29, 1.82) is 0 Å². The highest BCUT2D eigenvalue weighted by Crippen LogP contribution is 2.51. The number of benzene rings is 2. The lowest BCUT2D eigenvalue weighted by molar-refractivity contribution is -0.118. The van der Waals surface area contributed by atoms with E-state index in [2.05, 4.69) is 33.1 Å². The minimum atomic E-state index is -0.542. The number of anilines is 1. The minimum absolute atomic E-state index is 0.0633. The zero-order chi connectivity index (χ0) is 27.7. The molecule has 0 saturated carbocycles. The molecule has 0 unspecified atom stereocenters. The molecule has 0 fully saturated rings. The number of nitrogens with zero attached hydrogens (tertiary/aromatic N) is 1. The maximum Gasteiger partial charge on any atom is 0.262 e. The molecule has 0 spiro atoms. The number of halogens is 2. The van der Waals surface area contributed by atoms with Gasteiger partial charge in [-0.1, -0.05) is 12.1 Å². The summed E-state index contributed by atoms with van der Waals surface area (Å²) in [7, 11) is 1.49. The first-order chi connectivity index (χ1) is 18.8. The Balaban J connectivity index is 1.50. The molecular formula is C30H30BrFN2O5. The van der Waals surface area contributed by atoms with Gasteiger partial charge in [0.1, 0.15) is 5.82 Å². The fourth-order valence-corrected chi connectivity index (χ4v) is 6.44. The number of methoxy groups -OCH3 is 1. The Morgan fingerprint density at radius 2 is 1.69 bits per heavy atom. The highest BCUT2D eigenvalue weighted by atomic mass is 79.9. The van der Waals surface area contributed by atoms with Crippen molar-refractivity contribution in [1.82, 2.24) is 4.90 Å². The third-order valence-corrected chi connectivity index (χ3v) is 8.07. The number of allylic oxidation sites excluding steroid dienone is 4. The number of carbonyl (C=O) groups is 3. The van der Waals surface area contributed by atoms with Gasteiger partial charge >= 0.3 is 0 Å². The summed E-state index contributed by atoms with van der Waals surface area (Å²) >= 11 is 3.56. The van der Waals surface area contributed by atoms with E-state index in [4.69, 9.17) is 9.47 Å². The lowest BCUT2D eigenvalue weighted by Gasteiger charge is -2.43. The van der Waals surface area contributed by atoms with Crippen LogP contribution in [-0.4, -0.2) is 42.6 Å². The maximum atomic E-state index is 13.9. The van der Waals surface area contributed by atoms with E-state index in [1.54, 1.807) is 12.1 Å². The molecule has 9 heteroatoms. The van der Waals surface area contributed by atoms with Crippen LogP contribution >= 0.6 is 15.9 Å². The molecule has 1 aliphatic heterocycles. The molecule has 0 saturated heterocycles. The molecule has 39 heavy (non-hydrogen) atoms. The lowest BCUT2D eigenvalue weighted by atomic mass is 9.71. The fourth-order valence-electron chi connectivity index (χ4n) is 5.86. The normalized spacial score (nSPS) is 17.7. The average Bonchev–Trinajstić information content (AvgIpc) is 2.92. The number of hydrogen-bond acceptors (Lipinski definition) is 6. The fraction of sp³-hybridized carbons (Fsp3) is 0.367. The lowest BCUT2D eigenvalue weighted by Crippen LogP contribution is -2.39. The average molecular weight is 597 g/mol. The smallest absolute Gasteiger partial charge is 0.262 e. The predicted molar refractivity (Wildman–Crippen MR) is 148 cm³/mol. The van der Waals surface area contributed by atoms with E-state index in [-0.39, 0.29) is 23.9 Å². The highest BCUT2D eigenvalue weighted by molar-refractivity contribution is 9.10. The molecule has 1 heterocycles. The summed E-state index contributed by atoms with van der Waals surface area (Å²) in [4.78, 5) is 41.4. The summed E-state index contributed by atoms with van der Waals surface area (Å²) in [6.45, 7) is 2.39. The number of Topliss-reactive ketones (excluding diaryl/α,β-unsaturated/α-hetero) is 2. The number of amides is 1. The number of hydrogen-bond donors (Lipinski definition) is 1. The van der Waals surface area contributed by atoms with Gasteiger partial charge in [0.05, 0.1) is 17.3 Å². The van der Waals surface area contributed by atoms with Gasteiger partial charge in [0.25, 0.3) is 5.91 Å². The van der Waals surface area contributed by atoms with Gasteiger partial charge in [0, 0.05) is 47.8 Å². The largest absolute Gasteiger partial charge is 0.493 e. The number of ketones is 2. The number of nitrogens with one attached hydrogen (secondary N) is 1. The molecule has 2 aromatic carbocycles. The number of rotatable bonds is 7. The van der Waals surface area contributed by atoms with Crippen molar-refractivity contribution in [2.75, 3.05) is 25.6 Å². The van der Waals surface area contributed by atoms with Crippen molar-refractivity contribution < 1.29 is 28.2 Å². The van der Waals surface area contributed by atoms with Crippen molar-refractivity contribution in [3.8, 4) is 11.5 Å². The van der Waals surface area contributed by atoms with Crippen LogP contribution in [0.4, 0.5) is 10.1 Å². The Bertz CT molecular complexity index is 1370. The number of para-hydroxylation sites is 1. The van der Waals surface area contributed by atoms with Crippen LogP contribution in [0.25, 0.3) is 0 Å². The van der Waals surface area contributed by atoms with E-state index < -0.39 is 17.6 Å². The quantitative estimate of drug-likeness (QED) is 0.419. The van der Waals surface area contributed by atoms with Gasteiger partial charge in [-0.15, -0.1) is 0 Å². The Kier molecular flexibility index (Phi) is 7.88. The van der Waals surface area contributed by atoms with Gasteiger partial charge in [-0.25, -0.2) is 4.39 Å². The van der Waals surface area contributed by atoms with E-state index in [9.17, 15) is 18.8 Å². The van der Waals surface area contributed by atoms with Crippen LogP contribution in [0.1, 0.15) is 56.9 Å². The standard InChI is InChI=1S/C30H30BrFN2O5/c1-3-34-21-10-6-12-23(35)28(21)27(29-22(34)11-7-13-24(29)36)17-14-18(31)30(25(15-17)38-2)39-16-26(37)33-20-9-5-4-8-19(20)32/h4-5,8-9,14-15,27H,3,6-7,10-13,16H2,1-2H3,(H,33,37). The monoisotopic (exact) mass is 596 g/mol.